The third-order valence-corrected chi connectivity index (χ3v) is 5.94. The molecule has 0 fully saturated rings. The average Bonchev–Trinajstić information content (AvgIpc) is 3.22. The summed E-state index contributed by atoms with van der Waals surface area (Å²) in [6.45, 7) is 3.65. The van der Waals surface area contributed by atoms with Crippen LogP contribution in [0, 0.1) is 17.1 Å². The fraction of sp³-hybridized carbons (Fsp3) is 0.208. The molecule has 0 unspecified atom stereocenters. The van der Waals surface area contributed by atoms with Gasteiger partial charge in [0.05, 0.1) is 22.7 Å². The number of nitrogens with one attached hydrogen (secondary N) is 2. The molecular formula is C24H20ClFN6O2. The number of pyridine rings is 3. The van der Waals surface area contributed by atoms with Gasteiger partial charge in [0.2, 0.25) is 0 Å². The monoisotopic (exact) mass is 478 g/mol. The van der Waals surface area contributed by atoms with Crippen molar-refractivity contribution < 1.29 is 14.3 Å². The van der Waals surface area contributed by atoms with Gasteiger partial charge in [-0.2, -0.15) is 5.26 Å². The Morgan fingerprint density at radius 3 is 2.82 bits per heavy atom. The maximum absolute atomic E-state index is 15.0. The van der Waals surface area contributed by atoms with Gasteiger partial charge in [0.15, 0.2) is 11.6 Å². The smallest absolute Gasteiger partial charge is 0.305 e. The molecule has 0 amide bonds. The fourth-order valence-electron chi connectivity index (χ4n) is 3.80. The van der Waals surface area contributed by atoms with Crippen molar-refractivity contribution in [2.24, 2.45) is 0 Å². The number of carboxylic acid groups (broad SMARTS) is 1. The Bertz CT molecular complexity index is 1410. The fourth-order valence-corrected chi connectivity index (χ4v) is 3.96. The number of halogens is 2. The van der Waals surface area contributed by atoms with Crippen LogP contribution in [0.1, 0.15) is 31.5 Å². The maximum Gasteiger partial charge on any atom is 0.305 e. The maximum atomic E-state index is 15.0. The normalized spacial score (nSPS) is 12.3. The number of fused-ring (bicyclic) bond motifs is 1. The lowest BCUT2D eigenvalue weighted by Gasteiger charge is -2.34. The van der Waals surface area contributed by atoms with Crippen molar-refractivity contribution >= 4 is 34.4 Å². The Labute approximate surface area is 199 Å². The molecule has 10 heteroatoms. The van der Waals surface area contributed by atoms with E-state index >= 15 is 4.39 Å². The predicted molar refractivity (Wildman–Crippen MR) is 126 cm³/mol. The molecule has 0 aliphatic carbocycles. The number of rotatable bonds is 7. The number of carbonyl (C=O) groups is 1. The van der Waals surface area contributed by atoms with E-state index in [1.807, 2.05) is 19.9 Å². The summed E-state index contributed by atoms with van der Waals surface area (Å²) in [5, 5.41) is 23.1. The minimum Gasteiger partial charge on any atom is -0.481 e. The first-order valence-electron chi connectivity index (χ1n) is 10.3. The van der Waals surface area contributed by atoms with E-state index in [9.17, 15) is 15.2 Å². The minimum absolute atomic E-state index is 0.0164. The van der Waals surface area contributed by atoms with Gasteiger partial charge in [-0.25, -0.2) is 14.4 Å². The molecule has 172 valence electrons. The molecule has 0 aliphatic rings. The van der Waals surface area contributed by atoms with Gasteiger partial charge in [0.1, 0.15) is 11.7 Å². The van der Waals surface area contributed by atoms with E-state index < -0.39 is 23.2 Å². The zero-order chi connectivity index (χ0) is 24.5. The standard InChI is InChI=1S/C24H20ClFN6O2/c1-24(2,18-5-3-4-6-28-18)19(9-20(33)34)31-23-17(26)7-13(10-27)21(32-23)16-12-30-22-15(16)8-14(25)11-29-22/h3-8,11-12,19H,9H2,1-2H3,(H,29,30)(H,31,32)(H,33,34)/t19-/m1/s1. The van der Waals surface area contributed by atoms with Crippen LogP contribution in [0.5, 0.6) is 0 Å². The van der Waals surface area contributed by atoms with E-state index in [4.69, 9.17) is 11.6 Å². The SMILES string of the molecule is CC(C)(c1ccccn1)[C@@H](CC(=O)O)Nc1nc(-c2c[nH]c3ncc(Cl)cc23)c(C#N)cc1F. The van der Waals surface area contributed by atoms with Crippen LogP contribution in [0.25, 0.3) is 22.3 Å². The van der Waals surface area contributed by atoms with Gasteiger partial charge in [-0.1, -0.05) is 31.5 Å². The highest BCUT2D eigenvalue weighted by molar-refractivity contribution is 6.31. The molecule has 4 heterocycles. The molecule has 3 N–H and O–H groups in total. The summed E-state index contributed by atoms with van der Waals surface area (Å²) in [5.41, 5.74) is 1.13. The van der Waals surface area contributed by atoms with Gasteiger partial charge in [-0.05, 0) is 24.3 Å². The number of nitriles is 1. The largest absolute Gasteiger partial charge is 0.481 e. The second-order valence-electron chi connectivity index (χ2n) is 8.31. The first-order valence-corrected chi connectivity index (χ1v) is 10.7. The Hall–Kier alpha value is -4.03. The first-order chi connectivity index (χ1) is 16.2. The lowest BCUT2D eigenvalue weighted by molar-refractivity contribution is -0.137. The van der Waals surface area contributed by atoms with E-state index in [2.05, 4.69) is 25.3 Å². The second kappa shape index (κ2) is 9.08. The van der Waals surface area contributed by atoms with Crippen molar-refractivity contribution in [2.45, 2.75) is 31.7 Å². The molecule has 4 aromatic rings. The highest BCUT2D eigenvalue weighted by Crippen LogP contribution is 2.34. The molecule has 0 spiro atoms. The number of H-pyrrole nitrogens is 1. The second-order valence-corrected chi connectivity index (χ2v) is 8.75. The molecule has 0 radical (unpaired) electrons. The zero-order valence-corrected chi connectivity index (χ0v) is 19.1. The number of aromatic amines is 1. The molecule has 1 atom stereocenters. The van der Waals surface area contributed by atoms with Gasteiger partial charge in [-0.3, -0.25) is 9.78 Å². The Morgan fingerprint density at radius 2 is 2.15 bits per heavy atom. The summed E-state index contributed by atoms with van der Waals surface area (Å²) in [6, 6.07) is 9.31. The Kier molecular flexibility index (Phi) is 6.18. The molecule has 0 aromatic carbocycles. The number of carboxylic acids is 1. The predicted octanol–water partition coefficient (Wildman–Crippen LogP) is 4.92. The van der Waals surface area contributed by atoms with Crippen molar-refractivity contribution in [3.05, 3.63) is 71.0 Å². The van der Waals surface area contributed by atoms with Crippen LogP contribution in [0.4, 0.5) is 10.2 Å². The van der Waals surface area contributed by atoms with Crippen LogP contribution in [0.3, 0.4) is 0 Å². The summed E-state index contributed by atoms with van der Waals surface area (Å²) >= 11 is 6.10. The van der Waals surface area contributed by atoms with Crippen LogP contribution in [-0.4, -0.2) is 37.1 Å². The molecule has 0 bridgehead atoms. The summed E-state index contributed by atoms with van der Waals surface area (Å²) in [7, 11) is 0. The van der Waals surface area contributed by atoms with Crippen molar-refractivity contribution in [1.82, 2.24) is 19.9 Å². The average molecular weight is 479 g/mol. The van der Waals surface area contributed by atoms with Crippen LogP contribution in [0.2, 0.25) is 5.02 Å². The first kappa shape index (κ1) is 23.1. The summed E-state index contributed by atoms with van der Waals surface area (Å²) in [6.07, 6.45) is 4.40. The van der Waals surface area contributed by atoms with Crippen LogP contribution in [-0.2, 0) is 10.2 Å². The van der Waals surface area contributed by atoms with E-state index in [0.717, 1.165) is 6.07 Å². The molecule has 0 aliphatic heterocycles. The summed E-state index contributed by atoms with van der Waals surface area (Å²) in [4.78, 5) is 27.6. The molecule has 0 saturated heterocycles. The molecular weight excluding hydrogens is 459 g/mol. The summed E-state index contributed by atoms with van der Waals surface area (Å²) in [5.74, 6) is -2.01. The molecule has 34 heavy (non-hydrogen) atoms. The Morgan fingerprint density at radius 1 is 1.35 bits per heavy atom. The van der Waals surface area contributed by atoms with Crippen molar-refractivity contribution in [3.8, 4) is 17.3 Å². The quantitative estimate of drug-likeness (QED) is 0.344. The number of hydrogen-bond donors (Lipinski definition) is 3. The third-order valence-electron chi connectivity index (χ3n) is 5.74. The minimum atomic E-state index is -1.06. The molecule has 4 rings (SSSR count). The lowest BCUT2D eigenvalue weighted by Crippen LogP contribution is -2.42. The van der Waals surface area contributed by atoms with E-state index in [1.165, 1.54) is 6.20 Å². The molecule has 4 aromatic heterocycles. The van der Waals surface area contributed by atoms with Gasteiger partial charge < -0.3 is 15.4 Å². The number of aromatic nitrogens is 4. The van der Waals surface area contributed by atoms with E-state index in [-0.39, 0.29) is 23.5 Å². The van der Waals surface area contributed by atoms with E-state index in [1.54, 1.807) is 36.7 Å². The highest BCUT2D eigenvalue weighted by atomic mass is 35.5. The van der Waals surface area contributed by atoms with E-state index in [0.29, 0.717) is 27.3 Å². The van der Waals surface area contributed by atoms with Gasteiger partial charge in [0, 0.05) is 46.7 Å². The van der Waals surface area contributed by atoms with Gasteiger partial charge in [-0.15, -0.1) is 0 Å². The van der Waals surface area contributed by atoms with Gasteiger partial charge >= 0.3 is 5.97 Å². The van der Waals surface area contributed by atoms with Crippen LogP contribution in [0.15, 0.2) is 48.9 Å². The lowest BCUT2D eigenvalue weighted by atomic mass is 9.79. The molecule has 0 saturated carbocycles. The van der Waals surface area contributed by atoms with Crippen LogP contribution < -0.4 is 5.32 Å². The number of anilines is 1. The van der Waals surface area contributed by atoms with Crippen LogP contribution >= 0.6 is 11.6 Å². The number of hydrogen-bond acceptors (Lipinski definition) is 6. The summed E-state index contributed by atoms with van der Waals surface area (Å²) < 4.78 is 15.0. The van der Waals surface area contributed by atoms with Gasteiger partial charge in [0.25, 0.3) is 0 Å². The number of nitrogens with zero attached hydrogens (tertiary/aromatic N) is 4. The Balaban J connectivity index is 1.81. The topological polar surface area (TPSA) is 128 Å². The zero-order valence-electron chi connectivity index (χ0n) is 18.3. The van der Waals surface area contributed by atoms with Crippen molar-refractivity contribution in [1.29, 1.82) is 5.26 Å². The van der Waals surface area contributed by atoms with Crippen molar-refractivity contribution in [3.63, 3.8) is 0 Å². The van der Waals surface area contributed by atoms with Crippen molar-refractivity contribution in [2.75, 3.05) is 5.32 Å². The number of aliphatic carboxylic acids is 1. The highest BCUT2D eigenvalue weighted by Gasteiger charge is 2.35. The third kappa shape index (κ3) is 4.40. The molecule has 8 nitrogen and oxygen atoms in total.